The number of likely N-dealkylation sites (N-methyl/N-ethyl adjacent to an activating group) is 1. The van der Waals surface area contributed by atoms with Crippen molar-refractivity contribution in [1.29, 1.82) is 0 Å². The van der Waals surface area contributed by atoms with Crippen molar-refractivity contribution in [2.75, 3.05) is 19.8 Å². The van der Waals surface area contributed by atoms with Crippen molar-refractivity contribution in [1.82, 2.24) is 15.2 Å². The smallest absolute Gasteiger partial charge is 0.412 e. The second-order valence-electron chi connectivity index (χ2n) is 17.9. The summed E-state index contributed by atoms with van der Waals surface area (Å²) in [5, 5.41) is 13.4. The Morgan fingerprint density at radius 2 is 1.31 bits per heavy atom. The topological polar surface area (TPSA) is 101 Å². The van der Waals surface area contributed by atoms with E-state index in [1.807, 2.05) is 59.8 Å². The number of rotatable bonds is 9. The van der Waals surface area contributed by atoms with Crippen molar-refractivity contribution in [3.05, 3.63) is 112 Å². The largest absolute Gasteiger partial charge is 0.446 e. The second-order valence-corrected chi connectivity index (χ2v) is 27.3. The van der Waals surface area contributed by atoms with Gasteiger partial charge < -0.3 is 25.5 Å². The molecule has 0 saturated heterocycles. The fourth-order valence-corrected chi connectivity index (χ4v) is 11.0. The molecular weight excluding hydrogens is 1090 g/mol. The van der Waals surface area contributed by atoms with Gasteiger partial charge in [0.1, 0.15) is 5.69 Å². The molecule has 2 aliphatic rings. The molecule has 0 unspecified atom stereocenters. The fraction of sp³-hybridized carbons (Fsp3) is 0.489. The Morgan fingerprint density at radius 1 is 0.765 bits per heavy atom. The predicted octanol–water partition coefficient (Wildman–Crippen LogP) is 14.8. The summed E-state index contributed by atoms with van der Waals surface area (Å²) >= 11 is 1.65. The van der Waals surface area contributed by atoms with Crippen LogP contribution in [0.4, 0.5) is 45.2 Å². The molecule has 5 atom stereocenters. The maximum atomic E-state index is 12.5. The van der Waals surface area contributed by atoms with E-state index in [1.54, 1.807) is 42.6 Å². The number of hydrogen-bond acceptors (Lipinski definition) is 9. The molecule has 3 aromatic carbocycles. The molecule has 6 rings (SSSR count). The number of nitrogen functional groups attached to an aromatic ring is 1. The van der Waals surface area contributed by atoms with Crippen molar-refractivity contribution in [2.24, 2.45) is 0 Å². The number of carbonyl (C=O) groups is 1. The summed E-state index contributed by atoms with van der Waals surface area (Å²) in [5.41, 5.74) is -5.65. The van der Waals surface area contributed by atoms with E-state index in [1.165, 1.54) is 42.8 Å². The van der Waals surface area contributed by atoms with Gasteiger partial charge in [0.2, 0.25) is 0 Å². The van der Waals surface area contributed by atoms with Gasteiger partial charge >= 0.3 is 16.5 Å². The van der Waals surface area contributed by atoms with Crippen LogP contribution in [0.3, 0.4) is 0 Å². The van der Waals surface area contributed by atoms with E-state index in [0.29, 0.717) is 17.8 Å². The Balaban J connectivity index is 0.000000250. The zero-order valence-corrected chi connectivity index (χ0v) is 44.4. The van der Waals surface area contributed by atoms with Gasteiger partial charge in [-0.1, -0.05) is 63.9 Å². The van der Waals surface area contributed by atoms with Crippen LogP contribution in [0.5, 0.6) is 0 Å². The first-order valence-corrected chi connectivity index (χ1v) is 28.1. The molecule has 21 heteroatoms. The molecule has 1 heterocycles. The zero-order valence-electron chi connectivity index (χ0n) is 38.8. The van der Waals surface area contributed by atoms with Gasteiger partial charge in [0.15, 0.2) is 8.32 Å². The lowest BCUT2D eigenvalue weighted by atomic mass is 9.79. The molecular formula is C47H60F9IN4O3S3Si. The van der Waals surface area contributed by atoms with Gasteiger partial charge in [-0.15, -0.1) is 0 Å². The highest BCUT2D eigenvalue weighted by atomic mass is 127. The minimum atomic E-state index is -4.26. The van der Waals surface area contributed by atoms with E-state index < -0.39 is 24.8 Å². The van der Waals surface area contributed by atoms with Crippen molar-refractivity contribution in [3.8, 4) is 0 Å². The maximum absolute atomic E-state index is 12.5. The third-order valence-corrected chi connectivity index (χ3v) is 18.6. The third kappa shape index (κ3) is 22.6. The Kier molecular flexibility index (Phi) is 23.4. The molecule has 7 nitrogen and oxygen atoms in total. The zero-order chi connectivity index (χ0) is 51.1. The number of alkyl halides is 9. The molecule has 2 fully saturated rings. The van der Waals surface area contributed by atoms with E-state index in [2.05, 4.69) is 44.2 Å². The summed E-state index contributed by atoms with van der Waals surface area (Å²) in [6, 6.07) is 24.2. The molecule has 0 radical (unpaired) electrons. The van der Waals surface area contributed by atoms with Crippen LogP contribution >= 0.6 is 57.9 Å². The number of thioether (sulfide) groups is 3. The van der Waals surface area contributed by atoms with Gasteiger partial charge in [0.25, 0.3) is 5.91 Å². The number of aliphatic hydroxyl groups excluding tert-OH is 1. The molecule has 0 spiro atoms. The monoisotopic (exact) mass is 1150 g/mol. The van der Waals surface area contributed by atoms with E-state index >= 15 is 0 Å². The third-order valence-electron chi connectivity index (χ3n) is 11.3. The number of aliphatic hydroxyl groups is 1. The van der Waals surface area contributed by atoms with Gasteiger partial charge in [-0.3, -0.25) is 9.78 Å². The minimum Gasteiger partial charge on any atom is -0.412 e. The van der Waals surface area contributed by atoms with Crippen LogP contribution < -0.4 is 11.1 Å². The number of halogens is 10. The van der Waals surface area contributed by atoms with Gasteiger partial charge in [0, 0.05) is 36.2 Å². The van der Waals surface area contributed by atoms with Crippen LogP contribution in [0.1, 0.15) is 87.7 Å². The normalized spacial score (nSPS) is 20.1. The summed E-state index contributed by atoms with van der Waals surface area (Å²) in [5.74, 6) is 0.107. The highest BCUT2D eigenvalue weighted by Gasteiger charge is 2.42. The Hall–Kier alpha value is -2.67. The molecule has 1 aromatic heterocycles. The number of pyridine rings is 1. The summed E-state index contributed by atoms with van der Waals surface area (Å²) in [6.07, 6.45) is 8.02. The molecule has 2 aliphatic carbocycles. The molecule has 4 aromatic rings. The Labute approximate surface area is 421 Å². The maximum Gasteiger partial charge on any atom is 0.446 e. The number of amides is 1. The molecule has 4 N–H and O–H groups in total. The van der Waals surface area contributed by atoms with E-state index in [-0.39, 0.29) is 91.1 Å². The van der Waals surface area contributed by atoms with Gasteiger partial charge in [0.05, 0.1) is 18.2 Å². The highest BCUT2D eigenvalue weighted by molar-refractivity contribution is 14.1. The lowest BCUT2D eigenvalue weighted by molar-refractivity contribution is -0.0337. The van der Waals surface area contributed by atoms with Crippen molar-refractivity contribution >= 4 is 77.8 Å². The fourth-order valence-electron chi connectivity index (χ4n) is 7.03. The number of carbonyl (C=O) groups excluding carboxylic acids is 1. The van der Waals surface area contributed by atoms with Gasteiger partial charge in [-0.05, 0) is 194 Å². The number of benzene rings is 3. The predicted molar refractivity (Wildman–Crippen MR) is 268 cm³/mol. The van der Waals surface area contributed by atoms with Crippen LogP contribution in [-0.2, 0) is 4.43 Å². The first kappa shape index (κ1) is 59.6. The lowest BCUT2D eigenvalue weighted by Crippen LogP contribution is -2.53. The van der Waals surface area contributed by atoms with E-state index in [4.69, 9.17) is 10.2 Å². The summed E-state index contributed by atoms with van der Waals surface area (Å²) in [4.78, 5) is 19.1. The van der Waals surface area contributed by atoms with Gasteiger partial charge in [-0.2, -0.15) is 39.5 Å². The summed E-state index contributed by atoms with van der Waals surface area (Å²) in [7, 11) is 2.01. The summed E-state index contributed by atoms with van der Waals surface area (Å²) < 4.78 is 116. The van der Waals surface area contributed by atoms with Crippen LogP contribution in [-0.4, -0.2) is 84.1 Å². The Morgan fingerprint density at radius 3 is 1.82 bits per heavy atom. The number of nitrogens with two attached hydrogens (primary N) is 1. The van der Waals surface area contributed by atoms with Crippen molar-refractivity contribution in [2.45, 2.75) is 145 Å². The minimum absolute atomic E-state index is 0.0580. The average molecular weight is 1150 g/mol. The summed E-state index contributed by atoms with van der Waals surface area (Å²) in [6.45, 7) is 11.3. The molecule has 0 bridgehead atoms. The SMILES string of the molecule is CC(C)(C)[Si](C)(C)O[C@H]1CCCC[C@@H]1NC(=O)c1ccccn1.CN(C)[C@H]1C[C@@H](c2cccc(SC(F)(F)F)c2)CC[C@@H]1O.FC(F)(F)Sc1cccc(I)c1.Nc1cccc(SC(F)(F)F)c1. The van der Waals surface area contributed by atoms with Crippen molar-refractivity contribution in [3.63, 3.8) is 0 Å². The quantitative estimate of drug-likeness (QED) is 0.0497. The van der Waals surface area contributed by atoms with E-state index in [9.17, 15) is 49.4 Å². The standard InChI is InChI=1S/C18H30N2O2Si.C15H20F3NOS.C7H4F3IS.C7H6F3NS/c1-18(2,3)23(4,5)22-16-12-7-6-10-14(16)20-17(21)15-11-8-9-13-19-15;1-19(2)13-9-11(6-7-14(13)20)10-4-3-5-12(8-10)21-15(16,17)18;2*8-7(9,10)12-6-3-1-2-5(11)4-6/h8-9,11,13-14,16H,6-7,10,12H2,1-5H3,(H,20,21);3-5,8,11,13-14,20H,6-7,9H2,1-2H3;1-4H;1-4H,11H2/t14-,16-;11-,13-,14-;;/m00../s1. The first-order valence-electron chi connectivity index (χ1n) is 21.6. The molecule has 68 heavy (non-hydrogen) atoms. The molecule has 2 saturated carbocycles. The number of aromatic nitrogens is 1. The number of nitrogens with zero attached hydrogens (tertiary/aromatic N) is 2. The number of nitrogens with one attached hydrogen (secondary N) is 1. The Bertz CT molecular complexity index is 2090. The average Bonchev–Trinajstić information content (AvgIpc) is 3.20. The molecule has 378 valence electrons. The number of anilines is 1. The van der Waals surface area contributed by atoms with Gasteiger partial charge in [-0.25, -0.2) is 0 Å². The van der Waals surface area contributed by atoms with Crippen LogP contribution in [0.25, 0.3) is 0 Å². The van der Waals surface area contributed by atoms with Crippen LogP contribution in [0.15, 0.2) is 112 Å². The van der Waals surface area contributed by atoms with Crippen molar-refractivity contribution < 1.29 is 53.8 Å². The van der Waals surface area contributed by atoms with E-state index in [0.717, 1.165) is 41.2 Å². The molecule has 0 aliphatic heterocycles. The molecule has 1 amide bonds. The lowest BCUT2D eigenvalue weighted by Gasteiger charge is -2.43. The highest BCUT2D eigenvalue weighted by Crippen LogP contribution is 2.42. The number of hydrogen-bond donors (Lipinski definition) is 3. The first-order chi connectivity index (χ1) is 31.4. The van der Waals surface area contributed by atoms with Crippen LogP contribution in [0.2, 0.25) is 18.1 Å². The second kappa shape index (κ2) is 26.7. The van der Waals surface area contributed by atoms with Crippen LogP contribution in [0, 0.1) is 3.57 Å².